The number of phenolic OH excluding ortho intramolecular Hbond substituents is 2. The maximum atomic E-state index is 10.3. The summed E-state index contributed by atoms with van der Waals surface area (Å²) in [7, 11) is 0. The first-order valence-corrected chi connectivity index (χ1v) is 11.8. The molecule has 0 amide bonds. The van der Waals surface area contributed by atoms with E-state index in [0.29, 0.717) is 61.3 Å². The SMILES string of the molecule is CCC(c1ccc(O)c(CNCCCl)c1)C(CC)c1ccc(O)c(CNCCCl)c1. The lowest BCUT2D eigenvalue weighted by Gasteiger charge is -2.27. The van der Waals surface area contributed by atoms with Crippen molar-refractivity contribution in [3.8, 4) is 11.5 Å². The summed E-state index contributed by atoms with van der Waals surface area (Å²) in [6.07, 6.45) is 1.97. The third-order valence-corrected chi connectivity index (χ3v) is 5.98. The Balaban J connectivity index is 2.29. The molecule has 2 rings (SSSR count). The first kappa shape index (κ1) is 24.8. The van der Waals surface area contributed by atoms with Gasteiger partial charge in [-0.25, -0.2) is 0 Å². The van der Waals surface area contributed by atoms with Gasteiger partial charge in [0.2, 0.25) is 0 Å². The minimum Gasteiger partial charge on any atom is -0.508 e. The molecule has 166 valence electrons. The highest BCUT2D eigenvalue weighted by Gasteiger charge is 2.23. The first-order valence-electron chi connectivity index (χ1n) is 10.7. The number of nitrogens with one attached hydrogen (secondary N) is 2. The van der Waals surface area contributed by atoms with Crippen molar-refractivity contribution in [2.75, 3.05) is 24.8 Å². The molecule has 0 aromatic heterocycles. The summed E-state index contributed by atoms with van der Waals surface area (Å²) in [5.41, 5.74) is 4.23. The Morgan fingerprint density at radius 1 is 0.733 bits per heavy atom. The van der Waals surface area contributed by atoms with Crippen molar-refractivity contribution in [1.82, 2.24) is 10.6 Å². The van der Waals surface area contributed by atoms with Crippen LogP contribution in [0, 0.1) is 0 Å². The molecule has 0 aliphatic rings. The van der Waals surface area contributed by atoms with Gasteiger partial charge >= 0.3 is 0 Å². The summed E-state index contributed by atoms with van der Waals surface area (Å²) in [6, 6.07) is 11.9. The summed E-state index contributed by atoms with van der Waals surface area (Å²) < 4.78 is 0. The Morgan fingerprint density at radius 2 is 1.13 bits per heavy atom. The van der Waals surface area contributed by atoms with Crippen LogP contribution in [-0.2, 0) is 13.1 Å². The van der Waals surface area contributed by atoms with Gasteiger partial charge in [0.05, 0.1) is 0 Å². The predicted octanol–water partition coefficient (Wildman–Crippen LogP) is 5.44. The predicted molar refractivity (Wildman–Crippen MR) is 127 cm³/mol. The Bertz CT molecular complexity index is 720. The summed E-state index contributed by atoms with van der Waals surface area (Å²) in [5.74, 6) is 2.32. The number of hydrogen-bond donors (Lipinski definition) is 4. The van der Waals surface area contributed by atoms with Crippen molar-refractivity contribution < 1.29 is 10.2 Å². The molecule has 2 aromatic rings. The zero-order valence-electron chi connectivity index (χ0n) is 17.9. The van der Waals surface area contributed by atoms with Gasteiger partial charge in [0.1, 0.15) is 11.5 Å². The fraction of sp³-hybridized carbons (Fsp3) is 0.500. The Hall–Kier alpha value is -1.46. The van der Waals surface area contributed by atoms with Gasteiger partial charge in [-0.2, -0.15) is 0 Å². The Labute approximate surface area is 190 Å². The van der Waals surface area contributed by atoms with Crippen LogP contribution in [-0.4, -0.2) is 35.1 Å². The van der Waals surface area contributed by atoms with E-state index in [0.717, 1.165) is 24.0 Å². The molecule has 0 spiro atoms. The molecule has 0 aliphatic heterocycles. The molecular weight excluding hydrogens is 419 g/mol. The number of rotatable bonds is 13. The molecule has 0 fully saturated rings. The largest absolute Gasteiger partial charge is 0.508 e. The van der Waals surface area contributed by atoms with Crippen LogP contribution in [0.15, 0.2) is 36.4 Å². The lowest BCUT2D eigenvalue weighted by atomic mass is 9.77. The van der Waals surface area contributed by atoms with Crippen LogP contribution >= 0.6 is 23.2 Å². The van der Waals surface area contributed by atoms with Crippen LogP contribution in [0.5, 0.6) is 11.5 Å². The molecule has 0 aliphatic carbocycles. The zero-order chi connectivity index (χ0) is 21.9. The van der Waals surface area contributed by atoms with E-state index in [9.17, 15) is 10.2 Å². The van der Waals surface area contributed by atoms with Crippen molar-refractivity contribution in [1.29, 1.82) is 0 Å². The van der Waals surface area contributed by atoms with Crippen LogP contribution < -0.4 is 10.6 Å². The molecule has 0 heterocycles. The highest BCUT2D eigenvalue weighted by molar-refractivity contribution is 6.18. The molecule has 0 bridgehead atoms. The maximum absolute atomic E-state index is 10.3. The van der Waals surface area contributed by atoms with Gasteiger partial charge in [-0.1, -0.05) is 38.1 Å². The van der Waals surface area contributed by atoms with Crippen molar-refractivity contribution >= 4 is 23.2 Å². The normalized spacial score (nSPS) is 13.3. The lowest BCUT2D eigenvalue weighted by Crippen LogP contribution is -2.17. The van der Waals surface area contributed by atoms with E-state index in [4.69, 9.17) is 23.2 Å². The van der Waals surface area contributed by atoms with Crippen molar-refractivity contribution in [2.24, 2.45) is 0 Å². The number of phenols is 2. The molecule has 0 saturated carbocycles. The van der Waals surface area contributed by atoms with Gasteiger partial charge in [0, 0.05) is 49.1 Å². The Kier molecular flexibility index (Phi) is 10.8. The average molecular weight is 453 g/mol. The third-order valence-electron chi connectivity index (χ3n) is 5.60. The van der Waals surface area contributed by atoms with Gasteiger partial charge < -0.3 is 20.8 Å². The van der Waals surface area contributed by atoms with E-state index in [-0.39, 0.29) is 0 Å². The molecule has 2 atom stereocenters. The number of benzene rings is 2. The second-order valence-electron chi connectivity index (χ2n) is 7.54. The van der Waals surface area contributed by atoms with E-state index in [1.165, 1.54) is 11.1 Å². The monoisotopic (exact) mass is 452 g/mol. The summed E-state index contributed by atoms with van der Waals surface area (Å²) in [5, 5.41) is 27.0. The van der Waals surface area contributed by atoms with Crippen molar-refractivity contribution in [3.05, 3.63) is 58.7 Å². The van der Waals surface area contributed by atoms with Crippen LogP contribution in [0.3, 0.4) is 0 Å². The fourth-order valence-electron chi connectivity index (χ4n) is 4.04. The average Bonchev–Trinajstić information content (AvgIpc) is 2.75. The highest BCUT2D eigenvalue weighted by Crippen LogP contribution is 2.40. The Morgan fingerprint density at radius 3 is 1.47 bits per heavy atom. The van der Waals surface area contributed by atoms with E-state index < -0.39 is 0 Å². The van der Waals surface area contributed by atoms with Gasteiger partial charge in [-0.3, -0.25) is 0 Å². The minimum absolute atomic E-state index is 0.306. The molecule has 0 saturated heterocycles. The summed E-state index contributed by atoms with van der Waals surface area (Å²) in [4.78, 5) is 0. The van der Waals surface area contributed by atoms with Crippen LogP contribution in [0.25, 0.3) is 0 Å². The highest BCUT2D eigenvalue weighted by atomic mass is 35.5. The summed E-state index contributed by atoms with van der Waals surface area (Å²) in [6.45, 7) is 7.00. The topological polar surface area (TPSA) is 64.5 Å². The molecular formula is C24H34Cl2N2O2. The standard InChI is InChI=1S/C24H34Cl2N2O2/c1-3-21(17-5-7-23(29)19(13-17)15-27-11-9-25)22(4-2)18-6-8-24(30)20(14-18)16-28-12-10-26/h5-8,13-14,21-22,27-30H,3-4,9-12,15-16H2,1-2H3. The summed E-state index contributed by atoms with van der Waals surface area (Å²) >= 11 is 11.5. The molecule has 0 radical (unpaired) electrons. The lowest BCUT2D eigenvalue weighted by molar-refractivity contribution is 0.459. The number of hydrogen-bond acceptors (Lipinski definition) is 4. The zero-order valence-corrected chi connectivity index (χ0v) is 19.4. The molecule has 2 aromatic carbocycles. The van der Waals surface area contributed by atoms with E-state index in [2.05, 4.69) is 36.6 Å². The molecule has 30 heavy (non-hydrogen) atoms. The number of aromatic hydroxyl groups is 2. The quantitative estimate of drug-likeness (QED) is 0.241. The van der Waals surface area contributed by atoms with Crippen LogP contribution in [0.2, 0.25) is 0 Å². The third kappa shape index (κ3) is 6.78. The smallest absolute Gasteiger partial charge is 0.120 e. The van der Waals surface area contributed by atoms with Crippen LogP contribution in [0.1, 0.15) is 60.8 Å². The second-order valence-corrected chi connectivity index (χ2v) is 8.29. The van der Waals surface area contributed by atoms with E-state index >= 15 is 0 Å². The number of alkyl halides is 2. The van der Waals surface area contributed by atoms with Crippen LogP contribution in [0.4, 0.5) is 0 Å². The van der Waals surface area contributed by atoms with Crippen molar-refractivity contribution in [2.45, 2.75) is 51.6 Å². The molecule has 6 heteroatoms. The van der Waals surface area contributed by atoms with Gasteiger partial charge in [0.15, 0.2) is 0 Å². The van der Waals surface area contributed by atoms with Gasteiger partial charge in [-0.05, 0) is 47.9 Å². The molecule has 2 unspecified atom stereocenters. The second kappa shape index (κ2) is 13.1. The van der Waals surface area contributed by atoms with Gasteiger partial charge in [-0.15, -0.1) is 23.2 Å². The molecule has 4 nitrogen and oxygen atoms in total. The fourth-order valence-corrected chi connectivity index (χ4v) is 4.31. The minimum atomic E-state index is 0.306. The maximum Gasteiger partial charge on any atom is 0.120 e. The first-order chi connectivity index (χ1) is 14.5. The van der Waals surface area contributed by atoms with E-state index in [1.807, 2.05) is 12.1 Å². The van der Waals surface area contributed by atoms with Crippen molar-refractivity contribution in [3.63, 3.8) is 0 Å². The molecule has 4 N–H and O–H groups in total. The number of halogens is 2. The van der Waals surface area contributed by atoms with E-state index in [1.54, 1.807) is 12.1 Å². The van der Waals surface area contributed by atoms with Gasteiger partial charge in [0.25, 0.3) is 0 Å².